The van der Waals surface area contributed by atoms with E-state index < -0.39 is 17.9 Å². The molecule has 0 aliphatic heterocycles. The van der Waals surface area contributed by atoms with Gasteiger partial charge >= 0.3 is 6.36 Å². The molecule has 2 nitrogen and oxygen atoms in total. The Morgan fingerprint density at radius 1 is 1.11 bits per heavy atom. The largest absolute Gasteiger partial charge is 0.573 e. The van der Waals surface area contributed by atoms with Crippen LogP contribution >= 0.6 is 0 Å². The molecule has 2 rings (SSSR count). The standard InChI is InChI=1S/C12H7F4NO/c13-11-7-17-5-4-10(11)8-2-1-3-9(6-8)18-12(14,15)16/h1-7H. The van der Waals surface area contributed by atoms with Gasteiger partial charge in [0.2, 0.25) is 0 Å². The number of benzene rings is 1. The third-order valence-electron chi connectivity index (χ3n) is 2.15. The van der Waals surface area contributed by atoms with Crippen molar-refractivity contribution < 1.29 is 22.3 Å². The van der Waals surface area contributed by atoms with E-state index in [1.54, 1.807) is 0 Å². The summed E-state index contributed by atoms with van der Waals surface area (Å²) in [7, 11) is 0. The van der Waals surface area contributed by atoms with Gasteiger partial charge in [0, 0.05) is 11.8 Å². The van der Waals surface area contributed by atoms with Crippen molar-refractivity contribution in [2.75, 3.05) is 0 Å². The zero-order valence-electron chi connectivity index (χ0n) is 8.91. The van der Waals surface area contributed by atoms with Gasteiger partial charge in [-0.1, -0.05) is 12.1 Å². The van der Waals surface area contributed by atoms with Gasteiger partial charge in [0.1, 0.15) is 11.6 Å². The van der Waals surface area contributed by atoms with Gasteiger partial charge in [-0.3, -0.25) is 4.98 Å². The molecule has 0 aliphatic carbocycles. The fourth-order valence-electron chi connectivity index (χ4n) is 1.47. The van der Waals surface area contributed by atoms with Crippen LogP contribution in [0, 0.1) is 5.82 Å². The maximum absolute atomic E-state index is 13.4. The van der Waals surface area contributed by atoms with Crippen LogP contribution in [-0.2, 0) is 0 Å². The molecule has 1 aromatic carbocycles. The van der Waals surface area contributed by atoms with Crippen molar-refractivity contribution in [1.82, 2.24) is 4.98 Å². The second-order valence-corrected chi connectivity index (χ2v) is 3.43. The molecule has 0 saturated heterocycles. The fourth-order valence-corrected chi connectivity index (χ4v) is 1.47. The average Bonchev–Trinajstić information content (AvgIpc) is 2.27. The van der Waals surface area contributed by atoms with Crippen LogP contribution in [0.4, 0.5) is 17.6 Å². The van der Waals surface area contributed by atoms with E-state index in [2.05, 4.69) is 9.72 Å². The first-order valence-electron chi connectivity index (χ1n) is 4.91. The summed E-state index contributed by atoms with van der Waals surface area (Å²) in [6.07, 6.45) is -2.42. The first-order valence-corrected chi connectivity index (χ1v) is 4.91. The van der Waals surface area contributed by atoms with Crippen molar-refractivity contribution in [3.05, 3.63) is 48.5 Å². The molecule has 1 heterocycles. The monoisotopic (exact) mass is 257 g/mol. The zero-order chi connectivity index (χ0) is 13.2. The third-order valence-corrected chi connectivity index (χ3v) is 2.15. The molecule has 0 atom stereocenters. The maximum Gasteiger partial charge on any atom is 0.573 e. The molecule has 0 radical (unpaired) electrons. The molecule has 0 N–H and O–H groups in total. The highest BCUT2D eigenvalue weighted by atomic mass is 19.4. The molecule has 1 aromatic heterocycles. The van der Waals surface area contributed by atoms with Crippen molar-refractivity contribution >= 4 is 0 Å². The van der Waals surface area contributed by atoms with Gasteiger partial charge in [-0.2, -0.15) is 0 Å². The fraction of sp³-hybridized carbons (Fsp3) is 0.0833. The highest BCUT2D eigenvalue weighted by molar-refractivity contribution is 5.65. The van der Waals surface area contributed by atoms with Crippen molar-refractivity contribution in [1.29, 1.82) is 0 Å². The van der Waals surface area contributed by atoms with E-state index in [-0.39, 0.29) is 11.1 Å². The summed E-state index contributed by atoms with van der Waals surface area (Å²) in [5.41, 5.74) is 0.453. The predicted octanol–water partition coefficient (Wildman–Crippen LogP) is 3.79. The Morgan fingerprint density at radius 2 is 1.89 bits per heavy atom. The van der Waals surface area contributed by atoms with Gasteiger partial charge in [-0.25, -0.2) is 4.39 Å². The van der Waals surface area contributed by atoms with E-state index in [1.807, 2.05) is 0 Å². The lowest BCUT2D eigenvalue weighted by molar-refractivity contribution is -0.274. The number of aromatic nitrogens is 1. The van der Waals surface area contributed by atoms with E-state index in [4.69, 9.17) is 0 Å². The van der Waals surface area contributed by atoms with Crippen LogP contribution in [0.2, 0.25) is 0 Å². The van der Waals surface area contributed by atoms with Crippen molar-refractivity contribution in [3.8, 4) is 16.9 Å². The lowest BCUT2D eigenvalue weighted by atomic mass is 10.1. The van der Waals surface area contributed by atoms with Gasteiger partial charge in [0.15, 0.2) is 0 Å². The van der Waals surface area contributed by atoms with Crippen LogP contribution in [0.1, 0.15) is 0 Å². The molecule has 0 bridgehead atoms. The van der Waals surface area contributed by atoms with Crippen LogP contribution in [0.15, 0.2) is 42.7 Å². The highest BCUT2D eigenvalue weighted by Crippen LogP contribution is 2.28. The van der Waals surface area contributed by atoms with Crippen LogP contribution in [-0.4, -0.2) is 11.3 Å². The summed E-state index contributed by atoms with van der Waals surface area (Å²) < 4.78 is 53.3. The van der Waals surface area contributed by atoms with Gasteiger partial charge in [-0.15, -0.1) is 13.2 Å². The predicted molar refractivity (Wildman–Crippen MR) is 56.3 cm³/mol. The van der Waals surface area contributed by atoms with Crippen molar-refractivity contribution in [2.45, 2.75) is 6.36 Å². The number of pyridine rings is 1. The summed E-state index contributed by atoms with van der Waals surface area (Å²) in [4.78, 5) is 3.57. The van der Waals surface area contributed by atoms with E-state index in [0.29, 0.717) is 0 Å². The quantitative estimate of drug-likeness (QED) is 0.764. The molecule has 0 spiro atoms. The topological polar surface area (TPSA) is 22.1 Å². The Bertz CT molecular complexity index is 554. The van der Waals surface area contributed by atoms with E-state index >= 15 is 0 Å². The lowest BCUT2D eigenvalue weighted by Gasteiger charge is -2.10. The number of ether oxygens (including phenoxy) is 1. The SMILES string of the molecule is Fc1cnccc1-c1cccc(OC(F)(F)F)c1. The highest BCUT2D eigenvalue weighted by Gasteiger charge is 2.31. The normalized spacial score (nSPS) is 11.3. The maximum atomic E-state index is 13.4. The van der Waals surface area contributed by atoms with E-state index in [1.165, 1.54) is 24.4 Å². The number of nitrogens with zero attached hydrogens (tertiary/aromatic N) is 1. The van der Waals surface area contributed by atoms with Crippen molar-refractivity contribution in [2.24, 2.45) is 0 Å². The van der Waals surface area contributed by atoms with Gasteiger partial charge in [0.05, 0.1) is 6.20 Å². The number of halogens is 4. The second kappa shape index (κ2) is 4.64. The zero-order valence-corrected chi connectivity index (χ0v) is 8.91. The van der Waals surface area contributed by atoms with Crippen LogP contribution in [0.25, 0.3) is 11.1 Å². The first-order chi connectivity index (χ1) is 8.46. The Hall–Kier alpha value is -2.11. The Labute approximate surface area is 99.8 Å². The summed E-state index contributed by atoms with van der Waals surface area (Å²) in [5, 5.41) is 0. The van der Waals surface area contributed by atoms with Gasteiger partial charge in [-0.05, 0) is 23.8 Å². The molecule has 0 saturated carbocycles. The molecular formula is C12H7F4NO. The number of hydrogen-bond donors (Lipinski definition) is 0. The molecule has 6 heteroatoms. The van der Waals surface area contributed by atoms with E-state index in [0.717, 1.165) is 18.3 Å². The smallest absolute Gasteiger partial charge is 0.406 e. The first kappa shape index (κ1) is 12.3. The lowest BCUT2D eigenvalue weighted by Crippen LogP contribution is -2.17. The molecule has 18 heavy (non-hydrogen) atoms. The van der Waals surface area contributed by atoms with Crippen LogP contribution in [0.3, 0.4) is 0 Å². The number of alkyl halides is 3. The number of hydrogen-bond acceptors (Lipinski definition) is 2. The molecule has 0 aliphatic rings. The third kappa shape index (κ3) is 2.97. The second-order valence-electron chi connectivity index (χ2n) is 3.43. The Balaban J connectivity index is 2.36. The minimum absolute atomic E-state index is 0.164. The van der Waals surface area contributed by atoms with E-state index in [9.17, 15) is 17.6 Å². The summed E-state index contributed by atoms with van der Waals surface area (Å²) in [6.45, 7) is 0. The van der Waals surface area contributed by atoms with Gasteiger partial charge in [0.25, 0.3) is 0 Å². The molecule has 2 aromatic rings. The molecule has 0 unspecified atom stereocenters. The van der Waals surface area contributed by atoms with Crippen LogP contribution < -0.4 is 4.74 Å². The summed E-state index contributed by atoms with van der Waals surface area (Å²) in [5.74, 6) is -1.00. The Morgan fingerprint density at radius 3 is 2.56 bits per heavy atom. The van der Waals surface area contributed by atoms with Crippen molar-refractivity contribution in [3.63, 3.8) is 0 Å². The molecule has 0 amide bonds. The summed E-state index contributed by atoms with van der Waals surface area (Å²) in [6, 6.07) is 6.49. The minimum Gasteiger partial charge on any atom is -0.406 e. The summed E-state index contributed by atoms with van der Waals surface area (Å²) >= 11 is 0. The molecule has 94 valence electrons. The molecular weight excluding hydrogens is 250 g/mol. The Kier molecular flexibility index (Phi) is 3.18. The molecule has 0 fully saturated rings. The number of rotatable bonds is 2. The minimum atomic E-state index is -4.77. The van der Waals surface area contributed by atoms with Crippen LogP contribution in [0.5, 0.6) is 5.75 Å². The van der Waals surface area contributed by atoms with Gasteiger partial charge < -0.3 is 4.74 Å². The average molecular weight is 257 g/mol.